The van der Waals surface area contributed by atoms with Crippen molar-refractivity contribution in [2.24, 2.45) is 5.73 Å². The molecule has 0 spiro atoms. The number of piperidine rings is 1. The number of carbonyl (C=O) groups excluding carboxylic acids is 1. The Bertz CT molecular complexity index is 1080. The van der Waals surface area contributed by atoms with E-state index in [0.717, 1.165) is 44.7 Å². The maximum Gasteiger partial charge on any atom is 0.256 e. The number of nitrogens with two attached hydrogens (primary N) is 1. The number of nitrogens with one attached hydrogen (secondary N) is 2. The Morgan fingerprint density at radius 3 is 2.38 bits per heavy atom. The van der Waals surface area contributed by atoms with Gasteiger partial charge in [0.1, 0.15) is 0 Å². The van der Waals surface area contributed by atoms with E-state index in [0.29, 0.717) is 43.0 Å². The summed E-state index contributed by atoms with van der Waals surface area (Å²) in [4.78, 5) is 17.9. The molecule has 4 N–H and O–H groups in total. The molecular weight excluding hydrogens is 450 g/mol. The standard InChI is InChI=1S/C25H35N5O3S/c26-9-10-28-22-18-23(29-13-5-2-6-14-29)21(25(31)30-15-11-27-12-16-30)17-24(22)34(32,33)19-20-7-3-1-4-8-20/h1,3-4,7-8,17-18,27-28H,2,5-6,9-16,19,26H2. The Labute approximate surface area is 202 Å². The first-order valence-corrected chi connectivity index (χ1v) is 13.8. The van der Waals surface area contributed by atoms with Gasteiger partial charge in [-0.3, -0.25) is 4.79 Å². The molecule has 2 aromatic rings. The molecule has 2 aliphatic rings. The number of amides is 1. The zero-order valence-corrected chi connectivity index (χ0v) is 20.4. The summed E-state index contributed by atoms with van der Waals surface area (Å²) >= 11 is 0. The first-order valence-electron chi connectivity index (χ1n) is 12.1. The van der Waals surface area contributed by atoms with Gasteiger partial charge in [-0.2, -0.15) is 0 Å². The zero-order valence-electron chi connectivity index (χ0n) is 19.6. The number of benzene rings is 2. The fourth-order valence-electron chi connectivity index (χ4n) is 4.65. The molecule has 9 heteroatoms. The highest BCUT2D eigenvalue weighted by molar-refractivity contribution is 7.90. The van der Waals surface area contributed by atoms with E-state index in [2.05, 4.69) is 15.5 Å². The third-order valence-electron chi connectivity index (χ3n) is 6.42. The minimum atomic E-state index is -3.71. The van der Waals surface area contributed by atoms with E-state index in [1.807, 2.05) is 29.2 Å². The van der Waals surface area contributed by atoms with Crippen LogP contribution in [0.1, 0.15) is 35.2 Å². The predicted molar refractivity (Wildman–Crippen MR) is 136 cm³/mol. The molecule has 4 rings (SSSR count). The molecule has 2 heterocycles. The SMILES string of the molecule is NCCNc1cc(N2CCCCC2)c(C(=O)N2CCNCC2)cc1S(=O)(=O)Cc1ccccc1. The summed E-state index contributed by atoms with van der Waals surface area (Å²) in [6.45, 7) is 5.22. The normalized spacial score (nSPS) is 17.0. The number of hydrogen-bond donors (Lipinski definition) is 3. The highest BCUT2D eigenvalue weighted by Gasteiger charge is 2.29. The second kappa shape index (κ2) is 11.2. The maximum absolute atomic E-state index is 13.7. The van der Waals surface area contributed by atoms with Crippen molar-refractivity contribution in [2.75, 3.05) is 62.6 Å². The van der Waals surface area contributed by atoms with Crippen LogP contribution >= 0.6 is 0 Å². The minimum absolute atomic E-state index is 0.108. The van der Waals surface area contributed by atoms with Gasteiger partial charge in [0.2, 0.25) is 0 Å². The van der Waals surface area contributed by atoms with Crippen LogP contribution in [0.4, 0.5) is 11.4 Å². The molecule has 2 saturated heterocycles. The largest absolute Gasteiger partial charge is 0.383 e. The average Bonchev–Trinajstić information content (AvgIpc) is 2.88. The summed E-state index contributed by atoms with van der Waals surface area (Å²) in [6, 6.07) is 12.6. The Morgan fingerprint density at radius 1 is 1.00 bits per heavy atom. The quantitative estimate of drug-likeness (QED) is 0.525. The highest BCUT2D eigenvalue weighted by atomic mass is 32.2. The lowest BCUT2D eigenvalue weighted by Crippen LogP contribution is -2.47. The molecule has 0 saturated carbocycles. The molecule has 0 unspecified atom stereocenters. The third kappa shape index (κ3) is 5.71. The molecule has 0 atom stereocenters. The number of nitrogens with zero attached hydrogens (tertiary/aromatic N) is 2. The van der Waals surface area contributed by atoms with Crippen molar-refractivity contribution in [1.82, 2.24) is 10.2 Å². The second-order valence-corrected chi connectivity index (χ2v) is 10.9. The van der Waals surface area contributed by atoms with Crippen molar-refractivity contribution in [1.29, 1.82) is 0 Å². The zero-order chi connectivity index (χ0) is 24.0. The van der Waals surface area contributed by atoms with Crippen LogP contribution in [-0.4, -0.2) is 71.6 Å². The van der Waals surface area contributed by atoms with Crippen LogP contribution in [0.5, 0.6) is 0 Å². The van der Waals surface area contributed by atoms with E-state index < -0.39 is 9.84 Å². The van der Waals surface area contributed by atoms with Gasteiger partial charge in [-0.05, 0) is 37.0 Å². The molecule has 8 nitrogen and oxygen atoms in total. The average molecular weight is 486 g/mol. The van der Waals surface area contributed by atoms with E-state index in [9.17, 15) is 13.2 Å². The molecule has 0 bridgehead atoms. The van der Waals surface area contributed by atoms with E-state index in [1.165, 1.54) is 6.42 Å². The fraction of sp³-hybridized carbons (Fsp3) is 0.480. The lowest BCUT2D eigenvalue weighted by Gasteiger charge is -2.33. The molecule has 2 aromatic carbocycles. The van der Waals surface area contributed by atoms with Crippen LogP contribution in [-0.2, 0) is 15.6 Å². The van der Waals surface area contributed by atoms with E-state index in [1.54, 1.807) is 18.2 Å². The number of sulfone groups is 1. The summed E-state index contributed by atoms with van der Waals surface area (Å²) in [5, 5.41) is 6.49. The summed E-state index contributed by atoms with van der Waals surface area (Å²) in [5.74, 6) is -0.237. The number of piperazine rings is 1. The van der Waals surface area contributed by atoms with Crippen molar-refractivity contribution >= 4 is 27.1 Å². The molecule has 184 valence electrons. The fourth-order valence-corrected chi connectivity index (χ4v) is 6.20. The molecule has 2 aliphatic heterocycles. The van der Waals surface area contributed by atoms with Crippen molar-refractivity contribution in [2.45, 2.75) is 29.9 Å². The molecule has 0 radical (unpaired) electrons. The van der Waals surface area contributed by atoms with Gasteiger partial charge in [-0.1, -0.05) is 30.3 Å². The number of rotatable bonds is 8. The molecule has 2 fully saturated rings. The Morgan fingerprint density at radius 2 is 1.71 bits per heavy atom. The lowest BCUT2D eigenvalue weighted by atomic mass is 10.0. The topological polar surface area (TPSA) is 108 Å². The summed E-state index contributed by atoms with van der Waals surface area (Å²) in [6.07, 6.45) is 3.28. The van der Waals surface area contributed by atoms with Crippen LogP contribution in [0.25, 0.3) is 0 Å². The van der Waals surface area contributed by atoms with Gasteiger partial charge in [-0.15, -0.1) is 0 Å². The Balaban J connectivity index is 1.80. The van der Waals surface area contributed by atoms with Crippen LogP contribution in [0.3, 0.4) is 0 Å². The first-order chi connectivity index (χ1) is 16.5. The van der Waals surface area contributed by atoms with Gasteiger partial charge in [0, 0.05) is 52.4 Å². The Kier molecular flexibility index (Phi) is 8.07. The van der Waals surface area contributed by atoms with Crippen molar-refractivity contribution in [3.8, 4) is 0 Å². The first kappa shape index (κ1) is 24.5. The monoisotopic (exact) mass is 485 g/mol. The number of hydrogen-bond acceptors (Lipinski definition) is 7. The number of carbonyl (C=O) groups is 1. The van der Waals surface area contributed by atoms with Gasteiger partial charge >= 0.3 is 0 Å². The van der Waals surface area contributed by atoms with Gasteiger partial charge in [0.25, 0.3) is 5.91 Å². The lowest BCUT2D eigenvalue weighted by molar-refractivity contribution is 0.0736. The van der Waals surface area contributed by atoms with E-state index >= 15 is 0 Å². The van der Waals surface area contributed by atoms with Gasteiger partial charge < -0.3 is 26.2 Å². The van der Waals surface area contributed by atoms with Crippen LogP contribution < -0.4 is 21.3 Å². The minimum Gasteiger partial charge on any atom is -0.383 e. The molecule has 34 heavy (non-hydrogen) atoms. The highest BCUT2D eigenvalue weighted by Crippen LogP contribution is 2.35. The van der Waals surface area contributed by atoms with Gasteiger partial charge in [0.05, 0.1) is 27.6 Å². The third-order valence-corrected chi connectivity index (χ3v) is 8.14. The maximum atomic E-state index is 13.7. The molecule has 0 aliphatic carbocycles. The molecular formula is C25H35N5O3S. The van der Waals surface area contributed by atoms with Crippen molar-refractivity contribution in [3.63, 3.8) is 0 Å². The number of anilines is 2. The predicted octanol–water partition coefficient (Wildman–Crippen LogP) is 2.07. The van der Waals surface area contributed by atoms with E-state index in [4.69, 9.17) is 5.73 Å². The van der Waals surface area contributed by atoms with Crippen molar-refractivity contribution < 1.29 is 13.2 Å². The smallest absolute Gasteiger partial charge is 0.256 e. The van der Waals surface area contributed by atoms with Crippen LogP contribution in [0.2, 0.25) is 0 Å². The van der Waals surface area contributed by atoms with Gasteiger partial charge in [0.15, 0.2) is 9.84 Å². The van der Waals surface area contributed by atoms with Crippen LogP contribution in [0, 0.1) is 0 Å². The van der Waals surface area contributed by atoms with Crippen molar-refractivity contribution in [3.05, 3.63) is 53.6 Å². The summed E-state index contributed by atoms with van der Waals surface area (Å²) in [7, 11) is -3.71. The van der Waals surface area contributed by atoms with E-state index in [-0.39, 0.29) is 16.6 Å². The van der Waals surface area contributed by atoms with Crippen LogP contribution in [0.15, 0.2) is 47.4 Å². The summed E-state index contributed by atoms with van der Waals surface area (Å²) in [5.41, 5.74) is 8.22. The summed E-state index contributed by atoms with van der Waals surface area (Å²) < 4.78 is 27.2. The molecule has 1 amide bonds. The van der Waals surface area contributed by atoms with Gasteiger partial charge in [-0.25, -0.2) is 8.42 Å². The second-order valence-electron chi connectivity index (χ2n) is 8.92. The molecule has 0 aromatic heterocycles. The Hall–Kier alpha value is -2.62.